The molecule has 0 amide bonds. The van der Waals surface area contributed by atoms with Crippen molar-refractivity contribution in [1.82, 2.24) is 28.2 Å². The lowest BCUT2D eigenvalue weighted by molar-refractivity contribution is 0.603. The molecule has 0 radical (unpaired) electrons. The largest absolute Gasteiger partial charge is 0.332 e. The number of hydrogen-bond donors (Lipinski definition) is 1. The summed E-state index contributed by atoms with van der Waals surface area (Å²) in [5.74, 6) is 0.631. The van der Waals surface area contributed by atoms with Gasteiger partial charge in [0, 0.05) is 43.8 Å². The third-order valence-corrected chi connectivity index (χ3v) is 7.25. The first-order valence-electron chi connectivity index (χ1n) is 11.9. The molecule has 0 aliphatic heterocycles. The zero-order chi connectivity index (χ0) is 26.0. The monoisotopic (exact) mass is 507 g/mol. The number of aryl methyl sites for hydroxylation is 1. The van der Waals surface area contributed by atoms with Crippen LogP contribution in [0.25, 0.3) is 11.2 Å². The Kier molecular flexibility index (Phi) is 7.37. The summed E-state index contributed by atoms with van der Waals surface area (Å²) in [5, 5.41) is 0.661. The Bertz CT molecular complexity index is 1520. The first-order chi connectivity index (χ1) is 17.1. The molecule has 9 nitrogen and oxygen atoms in total. The van der Waals surface area contributed by atoms with Gasteiger partial charge >= 0.3 is 5.69 Å². The van der Waals surface area contributed by atoms with E-state index in [0.717, 1.165) is 11.1 Å². The molecule has 0 unspecified atom stereocenters. The first kappa shape index (κ1) is 25.7. The molecular formula is C26H33N7O2S. The fraction of sp³-hybridized carbons (Fsp3) is 0.385. The molecule has 4 aromatic rings. The van der Waals surface area contributed by atoms with Crippen molar-refractivity contribution in [2.24, 2.45) is 12.8 Å². The van der Waals surface area contributed by atoms with Crippen LogP contribution in [0, 0.1) is 0 Å². The van der Waals surface area contributed by atoms with Gasteiger partial charge in [-0.1, -0.05) is 53.7 Å². The minimum absolute atomic E-state index is 0.0614. The van der Waals surface area contributed by atoms with Gasteiger partial charge in [0.05, 0.1) is 6.54 Å². The molecule has 0 fully saturated rings. The van der Waals surface area contributed by atoms with Gasteiger partial charge in [-0.05, 0) is 33.3 Å². The first-order valence-corrected chi connectivity index (χ1v) is 12.7. The van der Waals surface area contributed by atoms with E-state index in [1.54, 1.807) is 13.2 Å². The zero-order valence-electron chi connectivity index (χ0n) is 21.4. The average molecular weight is 508 g/mol. The molecule has 0 aliphatic rings. The second kappa shape index (κ2) is 10.3. The summed E-state index contributed by atoms with van der Waals surface area (Å²) in [5.41, 5.74) is 8.16. The Hall–Kier alpha value is -3.37. The van der Waals surface area contributed by atoms with Crippen LogP contribution in [0.5, 0.6) is 0 Å². The van der Waals surface area contributed by atoms with E-state index in [0.29, 0.717) is 41.8 Å². The van der Waals surface area contributed by atoms with Crippen molar-refractivity contribution in [2.45, 2.75) is 57.2 Å². The van der Waals surface area contributed by atoms with Crippen LogP contribution >= 0.6 is 11.8 Å². The van der Waals surface area contributed by atoms with E-state index >= 15 is 0 Å². The summed E-state index contributed by atoms with van der Waals surface area (Å²) >= 11 is 1.51. The second-order valence-corrected chi connectivity index (χ2v) is 11.4. The van der Waals surface area contributed by atoms with Gasteiger partial charge in [-0.25, -0.2) is 14.8 Å². The van der Waals surface area contributed by atoms with Crippen LogP contribution < -0.4 is 17.0 Å². The van der Waals surface area contributed by atoms with Gasteiger partial charge in [0.25, 0.3) is 5.56 Å². The molecule has 0 spiro atoms. The van der Waals surface area contributed by atoms with Crippen molar-refractivity contribution in [1.29, 1.82) is 0 Å². The Labute approximate surface area is 214 Å². The molecule has 3 aromatic heterocycles. The molecule has 190 valence electrons. The van der Waals surface area contributed by atoms with Crippen molar-refractivity contribution in [3.8, 4) is 0 Å². The molecule has 0 aliphatic carbocycles. The normalized spacial score (nSPS) is 11.8. The topological polar surface area (TPSA) is 106 Å². The maximum Gasteiger partial charge on any atom is 0.332 e. The minimum atomic E-state index is -0.428. The number of allylic oxidation sites excluding steroid dienone is 2. The van der Waals surface area contributed by atoms with E-state index in [1.807, 2.05) is 79.4 Å². The van der Waals surface area contributed by atoms with Gasteiger partial charge in [-0.15, -0.1) is 0 Å². The van der Waals surface area contributed by atoms with E-state index < -0.39 is 5.69 Å². The maximum atomic E-state index is 13.8. The highest BCUT2D eigenvalue weighted by molar-refractivity contribution is 8.00. The van der Waals surface area contributed by atoms with Crippen molar-refractivity contribution in [3.05, 3.63) is 86.6 Å². The molecule has 4 rings (SSSR count). The predicted molar refractivity (Wildman–Crippen MR) is 145 cm³/mol. The lowest BCUT2D eigenvalue weighted by atomic mass is 10.2. The molecule has 0 saturated heterocycles. The van der Waals surface area contributed by atoms with Gasteiger partial charge < -0.3 is 14.9 Å². The van der Waals surface area contributed by atoms with Crippen LogP contribution in [0.1, 0.15) is 39.1 Å². The summed E-state index contributed by atoms with van der Waals surface area (Å²) in [6.07, 6.45) is 5.59. The summed E-state index contributed by atoms with van der Waals surface area (Å²) in [4.78, 5) is 36.3. The van der Waals surface area contributed by atoms with E-state index in [1.165, 1.54) is 20.9 Å². The summed E-state index contributed by atoms with van der Waals surface area (Å²) < 4.78 is 6.25. The fourth-order valence-corrected chi connectivity index (χ4v) is 4.84. The smallest absolute Gasteiger partial charge is 0.329 e. The number of imidazole rings is 2. The average Bonchev–Trinajstić information content (AvgIpc) is 3.43. The highest BCUT2D eigenvalue weighted by atomic mass is 32.2. The van der Waals surface area contributed by atoms with Crippen LogP contribution in [-0.4, -0.2) is 39.5 Å². The SMILES string of the molecule is CC(C)=CCn1c(SC(C)(C)CN)nc2c1c(=O)n(Cc1nccn1Cc1ccccc1)c(=O)n2C. The summed E-state index contributed by atoms with van der Waals surface area (Å²) in [7, 11) is 1.65. The number of aromatic nitrogens is 6. The van der Waals surface area contributed by atoms with Gasteiger partial charge in [-0.2, -0.15) is 0 Å². The van der Waals surface area contributed by atoms with Crippen molar-refractivity contribution < 1.29 is 0 Å². The predicted octanol–water partition coefficient (Wildman–Crippen LogP) is 2.99. The maximum absolute atomic E-state index is 13.8. The van der Waals surface area contributed by atoms with Gasteiger partial charge in [0.15, 0.2) is 16.3 Å². The van der Waals surface area contributed by atoms with Crippen LogP contribution in [0.3, 0.4) is 0 Å². The quantitative estimate of drug-likeness (QED) is 0.276. The van der Waals surface area contributed by atoms with E-state index in [2.05, 4.69) is 4.98 Å². The van der Waals surface area contributed by atoms with Crippen LogP contribution in [-0.2, 0) is 26.7 Å². The molecular weight excluding hydrogens is 474 g/mol. The molecule has 0 atom stereocenters. The lowest BCUT2D eigenvalue weighted by Gasteiger charge is -2.21. The number of benzene rings is 1. The zero-order valence-corrected chi connectivity index (χ0v) is 22.2. The van der Waals surface area contributed by atoms with Crippen molar-refractivity contribution in [3.63, 3.8) is 0 Å². The molecule has 3 heterocycles. The second-order valence-electron chi connectivity index (χ2n) is 9.71. The molecule has 0 bridgehead atoms. The summed E-state index contributed by atoms with van der Waals surface area (Å²) in [6.45, 7) is 9.66. The van der Waals surface area contributed by atoms with Gasteiger partial charge in [0.2, 0.25) is 0 Å². The molecule has 36 heavy (non-hydrogen) atoms. The number of nitrogens with two attached hydrogens (primary N) is 1. The van der Waals surface area contributed by atoms with E-state index in [9.17, 15) is 9.59 Å². The summed E-state index contributed by atoms with van der Waals surface area (Å²) in [6, 6.07) is 10.00. The van der Waals surface area contributed by atoms with E-state index in [4.69, 9.17) is 10.7 Å². The van der Waals surface area contributed by atoms with E-state index in [-0.39, 0.29) is 16.9 Å². The van der Waals surface area contributed by atoms with Crippen LogP contribution in [0.15, 0.2) is 69.1 Å². The molecule has 2 N–H and O–H groups in total. The Morgan fingerprint density at radius 2 is 1.83 bits per heavy atom. The Morgan fingerprint density at radius 3 is 2.50 bits per heavy atom. The molecule has 10 heteroatoms. The molecule has 1 aromatic carbocycles. The third kappa shape index (κ3) is 5.24. The highest BCUT2D eigenvalue weighted by Gasteiger charge is 2.25. The van der Waals surface area contributed by atoms with Crippen molar-refractivity contribution in [2.75, 3.05) is 6.54 Å². The number of rotatable bonds is 9. The Morgan fingerprint density at radius 1 is 1.11 bits per heavy atom. The van der Waals surface area contributed by atoms with Crippen LogP contribution in [0.4, 0.5) is 0 Å². The number of thioether (sulfide) groups is 1. The molecule has 0 saturated carbocycles. The van der Waals surface area contributed by atoms with Crippen LogP contribution in [0.2, 0.25) is 0 Å². The van der Waals surface area contributed by atoms with Crippen molar-refractivity contribution >= 4 is 22.9 Å². The fourth-order valence-electron chi connectivity index (χ4n) is 3.86. The number of hydrogen-bond acceptors (Lipinski definition) is 6. The third-order valence-electron chi connectivity index (χ3n) is 6.04. The standard InChI is InChI=1S/C26H33N7O2S/c1-18(2)11-13-32-21-22(29-24(32)36-26(3,4)17-27)30(5)25(35)33(23(21)34)16-20-28-12-14-31(20)15-19-9-7-6-8-10-19/h6-12,14H,13,15-17,27H2,1-5H3. The minimum Gasteiger partial charge on any atom is -0.329 e. The lowest BCUT2D eigenvalue weighted by Crippen LogP contribution is -2.40. The number of nitrogens with zero attached hydrogens (tertiary/aromatic N) is 6. The van der Waals surface area contributed by atoms with Gasteiger partial charge in [-0.3, -0.25) is 13.9 Å². The number of fused-ring (bicyclic) bond motifs is 1. The Balaban J connectivity index is 1.84. The highest BCUT2D eigenvalue weighted by Crippen LogP contribution is 2.32. The van der Waals surface area contributed by atoms with Gasteiger partial charge in [0.1, 0.15) is 5.82 Å².